The van der Waals surface area contributed by atoms with Crippen LogP contribution in [-0.2, 0) is 92.5 Å². The summed E-state index contributed by atoms with van der Waals surface area (Å²) in [4.78, 5) is 194. The van der Waals surface area contributed by atoms with E-state index in [4.69, 9.17) is 47.6 Å². The number of ether oxygens (including phenoxy) is 4. The number of carboxylic acid groups (broad SMARTS) is 1. The van der Waals surface area contributed by atoms with Crippen molar-refractivity contribution >= 4 is 122 Å². The predicted octanol–water partition coefficient (Wildman–Crippen LogP) is -4.41. The van der Waals surface area contributed by atoms with E-state index in [1.165, 1.54) is 0 Å². The van der Waals surface area contributed by atoms with Gasteiger partial charge in [-0.3, -0.25) is 72.1 Å². The number of hydrogen-bond acceptors (Lipinski definition) is 26. The molecule has 584 valence electrons. The largest absolute Gasteiger partial charge is 0.481 e. The van der Waals surface area contributed by atoms with Gasteiger partial charge in [0.25, 0.3) is 0 Å². The van der Waals surface area contributed by atoms with E-state index in [2.05, 4.69) is 58.2 Å². The van der Waals surface area contributed by atoms with Crippen LogP contribution in [-0.4, -0.2) is 265 Å². The van der Waals surface area contributed by atoms with Crippen LogP contribution in [0.15, 0.2) is 35.3 Å². The summed E-state index contributed by atoms with van der Waals surface area (Å²) in [7, 11) is 1.99. The lowest BCUT2D eigenvalue weighted by Crippen LogP contribution is -2.53. The van der Waals surface area contributed by atoms with Crippen molar-refractivity contribution in [2.24, 2.45) is 57.3 Å². The summed E-state index contributed by atoms with van der Waals surface area (Å²) in [6, 6.07) is 3.12. The maximum absolute atomic E-state index is 14.8. The molecule has 0 aliphatic carbocycles. The minimum absolute atomic E-state index is 0.00373. The molecule has 9 amide bonds. The first-order valence-corrected chi connectivity index (χ1v) is 38.5. The van der Waals surface area contributed by atoms with Crippen LogP contribution in [0.3, 0.4) is 0 Å². The van der Waals surface area contributed by atoms with E-state index in [-0.39, 0.29) is 171 Å². The lowest BCUT2D eigenvalue weighted by molar-refractivity contribution is -0.142. The number of nitrogens with two attached hydrogens (primary N) is 5. The lowest BCUT2D eigenvalue weighted by Gasteiger charge is -2.26. The molecule has 0 unspecified atom stereocenters. The Kier molecular flexibility index (Phi) is 48.1. The maximum atomic E-state index is 14.8. The number of nitrogens with one attached hydrogen (secondary N) is 10. The molecule has 0 spiro atoms. The fraction of sp³-hybridized carbons (Fsp3) is 0.682. The van der Waals surface area contributed by atoms with Crippen LogP contribution in [0.25, 0.3) is 0 Å². The number of ketones is 4. The third-order valence-electron chi connectivity index (χ3n) is 15.9. The summed E-state index contributed by atoms with van der Waals surface area (Å²) in [6.45, 7) is 3.01. The highest BCUT2D eigenvalue weighted by Crippen LogP contribution is 2.27. The second kappa shape index (κ2) is 55.1. The minimum atomic E-state index is -1.54. The highest BCUT2D eigenvalue weighted by atomic mass is 33.1. The van der Waals surface area contributed by atoms with Crippen LogP contribution in [0.5, 0.6) is 0 Å². The van der Waals surface area contributed by atoms with Crippen molar-refractivity contribution < 1.29 is 91.2 Å². The molecule has 2 aliphatic rings. The van der Waals surface area contributed by atoms with Crippen molar-refractivity contribution in [1.29, 1.82) is 0 Å². The van der Waals surface area contributed by atoms with Gasteiger partial charge in [-0.15, -0.1) is 11.8 Å². The monoisotopic (exact) mass is 1520 g/mol. The Hall–Kier alpha value is -7.40. The van der Waals surface area contributed by atoms with Gasteiger partial charge in [0.15, 0.2) is 23.3 Å². The van der Waals surface area contributed by atoms with Crippen LogP contribution in [0.2, 0.25) is 0 Å². The average molecular weight is 1530 g/mol. The molecule has 2 heterocycles. The van der Waals surface area contributed by atoms with E-state index in [0.29, 0.717) is 64.1 Å². The van der Waals surface area contributed by atoms with Gasteiger partial charge in [0.2, 0.25) is 53.2 Å². The molecule has 1 aromatic carbocycles. The molecular weight excluding hydrogens is 1420 g/mol. The number of carbonyl (C=O) groups excluding carboxylic acids is 13. The molecule has 38 heteroatoms. The van der Waals surface area contributed by atoms with E-state index >= 15 is 0 Å². The van der Waals surface area contributed by atoms with Crippen molar-refractivity contribution in [3.63, 3.8) is 0 Å². The molecule has 0 saturated carbocycles. The fourth-order valence-corrected chi connectivity index (χ4v) is 13.8. The van der Waals surface area contributed by atoms with Gasteiger partial charge in [0.05, 0.1) is 76.4 Å². The summed E-state index contributed by atoms with van der Waals surface area (Å²) >= 11 is 0.928. The number of amides is 9. The van der Waals surface area contributed by atoms with Gasteiger partial charge >= 0.3 is 5.97 Å². The quantitative estimate of drug-likeness (QED) is 0.0127. The van der Waals surface area contributed by atoms with Crippen molar-refractivity contribution in [3.05, 3.63) is 35.9 Å². The minimum Gasteiger partial charge on any atom is -0.481 e. The van der Waals surface area contributed by atoms with Crippen molar-refractivity contribution in [1.82, 2.24) is 53.2 Å². The Morgan fingerprint density at radius 1 is 0.596 bits per heavy atom. The second-order valence-corrected chi connectivity index (χ2v) is 28.3. The van der Waals surface area contributed by atoms with Crippen LogP contribution in [0.4, 0.5) is 0 Å². The van der Waals surface area contributed by atoms with Crippen molar-refractivity contribution in [2.45, 2.75) is 114 Å². The van der Waals surface area contributed by atoms with Gasteiger partial charge < -0.3 is 106 Å². The molecule has 2 fully saturated rings. The molecule has 2 aliphatic heterocycles. The number of unbranched alkanes of at least 4 members (excludes halogenated alkanes) is 1. The zero-order valence-corrected chi connectivity index (χ0v) is 61.5. The number of aliphatic carboxylic acids is 1. The van der Waals surface area contributed by atoms with Gasteiger partial charge in [-0.1, -0.05) is 51.9 Å². The number of aliphatic imine (C=N–C) groups is 1. The molecule has 104 heavy (non-hydrogen) atoms. The highest BCUT2D eigenvalue weighted by molar-refractivity contribution is 8.76. The van der Waals surface area contributed by atoms with Crippen molar-refractivity contribution in [3.8, 4) is 0 Å². The van der Waals surface area contributed by atoms with E-state index in [0.717, 1.165) is 33.3 Å². The number of benzene rings is 1. The Balaban J connectivity index is 1.95. The van der Waals surface area contributed by atoms with Crippen LogP contribution < -0.4 is 81.8 Å². The van der Waals surface area contributed by atoms with Crippen LogP contribution in [0.1, 0.15) is 89.0 Å². The molecule has 0 aromatic heterocycles. The number of carboxylic acids is 1. The van der Waals surface area contributed by atoms with Crippen LogP contribution >= 0.6 is 33.3 Å². The van der Waals surface area contributed by atoms with E-state index in [1.807, 2.05) is 0 Å². The Labute approximate surface area is 618 Å². The van der Waals surface area contributed by atoms with Crippen molar-refractivity contribution in [2.75, 3.05) is 148 Å². The zero-order valence-electron chi connectivity index (χ0n) is 59.0. The van der Waals surface area contributed by atoms with Gasteiger partial charge in [-0.05, 0) is 69.5 Å². The number of fused-ring (bicyclic) bond motifs is 5. The number of Topliss-reactive ketones (excluding diaryl/α,β-unsaturated/α-hetero) is 4. The molecule has 21 N–H and O–H groups in total. The first-order chi connectivity index (χ1) is 50.0. The van der Waals surface area contributed by atoms with E-state index < -0.39 is 145 Å². The van der Waals surface area contributed by atoms with Gasteiger partial charge in [-0.2, -0.15) is 0 Å². The first kappa shape index (κ1) is 90.8. The van der Waals surface area contributed by atoms with E-state index in [9.17, 15) is 72.2 Å². The zero-order chi connectivity index (χ0) is 76.3. The highest BCUT2D eigenvalue weighted by Gasteiger charge is 2.36. The number of hydrogen-bond donors (Lipinski definition) is 16. The number of guanidine groups is 1. The fourth-order valence-electron chi connectivity index (χ4n) is 10.6. The van der Waals surface area contributed by atoms with Gasteiger partial charge in [0, 0.05) is 120 Å². The Morgan fingerprint density at radius 3 is 1.83 bits per heavy atom. The smallest absolute Gasteiger partial charge is 0.304 e. The Morgan fingerprint density at radius 2 is 1.20 bits per heavy atom. The molecule has 1 aromatic rings. The summed E-state index contributed by atoms with van der Waals surface area (Å²) in [5.74, 6) is -14.9. The summed E-state index contributed by atoms with van der Waals surface area (Å²) < 4.78 is 21.5. The summed E-state index contributed by atoms with van der Waals surface area (Å²) in [6.07, 6.45) is -1.02. The summed E-state index contributed by atoms with van der Waals surface area (Å²) in [5.41, 5.74) is 27.9. The second-order valence-electron chi connectivity index (χ2n) is 24.7. The number of thioether (sulfide) groups is 1. The lowest BCUT2D eigenvalue weighted by atomic mass is 9.91. The molecule has 7 atom stereocenters. The molecule has 35 nitrogen and oxygen atoms in total. The Bertz CT molecular complexity index is 2900. The number of nitrogens with zero attached hydrogens (tertiary/aromatic N) is 1. The maximum Gasteiger partial charge on any atom is 0.304 e. The summed E-state index contributed by atoms with van der Waals surface area (Å²) in [5, 5.41) is 38.0. The molecule has 3 rings (SSSR count). The van der Waals surface area contributed by atoms with E-state index in [1.54, 1.807) is 30.3 Å². The van der Waals surface area contributed by atoms with Gasteiger partial charge in [0.1, 0.15) is 31.1 Å². The number of primary amides is 1. The van der Waals surface area contributed by atoms with Gasteiger partial charge in [-0.25, -0.2) is 0 Å². The van der Waals surface area contributed by atoms with Crippen LogP contribution in [0, 0.1) is 23.7 Å². The SMILES string of the molecule is NCCNCC(CNCCN)CC(=O)CCCC(=O)NCCCC[C@@H]1NC(=O)CSC[C@@H](C(=O)NCCOCCOCCOCCNC(=O)COCC(N)=O)NC(=O)[C@H](Cc2ccccc2)CC(=O)[C@@H]2CSSC[C@H](NC1=O)C(=O)C[C@@H](CCCN=C(N)N)C(=O)NCC(=O)C[C@@H](CC(=O)O)C(=O)N2. The topological polar surface area (TPSA) is 559 Å². The number of rotatable bonds is 44. The third-order valence-corrected chi connectivity index (χ3v) is 19.4. The molecule has 0 radical (unpaired) electrons. The molecule has 2 saturated heterocycles. The standard InChI is InChI=1S/C66H108N16O19S3/c67-14-18-72-34-44(35-73-19-15-68)29-48(83)11-6-13-57(88)74-16-5-4-12-50-65(97)81-52-41-104-103-40-51(80-63(95)47(33-60(91)92)30-49(84)36-78-61(93)45(31-54(52)85)10-7-17-77-66(70)71)55(86)32-46(28-43-8-2-1-3-9-43)62(94)82-53(39-102-42-59(90)79-50)64(96)76-21-23-99-25-27-100-26-24-98-22-20-75-58(89)38-101-37-56(69)87/h1-3,8-9,44-47,50-53,72-73H,4-7,10-42,67-68H2,(H2,69,87)(H,74,88)(H,75,89)(H,76,96)(H,78,93)(H,79,90)(H,80,95)(H,81,97)(H,82,94)(H,91,92)(H4,70,71,77)/t45-,46-,47+,50+,51+,52+,53+/m1/s1. The predicted molar refractivity (Wildman–Crippen MR) is 391 cm³/mol. The number of carbonyl (C=O) groups is 14. The average Bonchev–Trinajstić information content (AvgIpc) is 1.01. The first-order valence-electron chi connectivity index (χ1n) is 34.9. The molecule has 2 bridgehead atoms. The molecular formula is C66H108N16O19S3. The normalized spacial score (nSPS) is 20.1. The third kappa shape index (κ3) is 42.5.